The van der Waals surface area contributed by atoms with Crippen LogP contribution in [0.25, 0.3) is 0 Å². The Morgan fingerprint density at radius 2 is 2.08 bits per heavy atom. The fourth-order valence-corrected chi connectivity index (χ4v) is 0.733. The molecule has 0 fully saturated rings. The Balaban J connectivity index is 4.21. The fraction of sp³-hybridized carbons (Fsp3) is 0.600. The number of hydrogen-bond donors (Lipinski definition) is 2. The summed E-state index contributed by atoms with van der Waals surface area (Å²) < 4.78 is 0. The first-order valence-electron chi connectivity index (χ1n) is 4.05. The van der Waals surface area contributed by atoms with Crippen LogP contribution >= 0.6 is 0 Å². The van der Waals surface area contributed by atoms with Gasteiger partial charge in [0.25, 0.3) is 0 Å². The van der Waals surface area contributed by atoms with Gasteiger partial charge in [0.2, 0.25) is 0 Å². The molecule has 70 valence electrons. The summed E-state index contributed by atoms with van der Waals surface area (Å²) in [5.41, 5.74) is 0.0843. The molecule has 0 heterocycles. The minimum atomic E-state index is -0.817. The van der Waals surface area contributed by atoms with E-state index < -0.39 is 5.60 Å². The Morgan fingerprint density at radius 1 is 1.58 bits per heavy atom. The van der Waals surface area contributed by atoms with Crippen LogP contribution in [0.2, 0.25) is 0 Å². The van der Waals surface area contributed by atoms with Gasteiger partial charge >= 0.3 is 0 Å². The second-order valence-corrected chi connectivity index (χ2v) is 3.65. The fourth-order valence-electron chi connectivity index (χ4n) is 0.733. The van der Waals surface area contributed by atoms with Crippen LogP contribution in [0.3, 0.4) is 0 Å². The van der Waals surface area contributed by atoms with Gasteiger partial charge in [-0.2, -0.15) is 0 Å². The summed E-state index contributed by atoms with van der Waals surface area (Å²) in [6.07, 6.45) is 3.45. The minimum absolute atomic E-state index is 0.0436. The van der Waals surface area contributed by atoms with Crippen LogP contribution in [0.4, 0.5) is 0 Å². The normalized spacial score (nSPS) is 15.1. The summed E-state index contributed by atoms with van der Waals surface area (Å²) in [5, 5.41) is 18.2. The highest BCUT2D eigenvalue weighted by Gasteiger charge is 2.09. The van der Waals surface area contributed by atoms with Crippen molar-refractivity contribution in [3.63, 3.8) is 0 Å². The predicted molar refractivity (Wildman–Crippen MR) is 50.8 cm³/mol. The van der Waals surface area contributed by atoms with Crippen molar-refractivity contribution < 1.29 is 10.2 Å². The SMILES string of the molecule is C=C(C)[C@@H](/C=C/C(C)(C)O)CO. The molecule has 0 saturated heterocycles. The highest BCUT2D eigenvalue weighted by atomic mass is 16.3. The van der Waals surface area contributed by atoms with Crippen molar-refractivity contribution in [3.05, 3.63) is 24.3 Å². The van der Waals surface area contributed by atoms with Crippen molar-refractivity contribution >= 4 is 0 Å². The highest BCUT2D eigenvalue weighted by Crippen LogP contribution is 2.12. The van der Waals surface area contributed by atoms with E-state index >= 15 is 0 Å². The molecule has 0 saturated carbocycles. The smallest absolute Gasteiger partial charge is 0.0771 e. The van der Waals surface area contributed by atoms with E-state index in [4.69, 9.17) is 5.11 Å². The highest BCUT2D eigenvalue weighted by molar-refractivity contribution is 5.09. The van der Waals surface area contributed by atoms with E-state index in [2.05, 4.69) is 6.58 Å². The molecule has 0 aromatic rings. The molecular formula is C10H18O2. The molecule has 0 amide bonds. The Bertz CT molecular complexity index is 175. The molecule has 0 rings (SSSR count). The second-order valence-electron chi connectivity index (χ2n) is 3.65. The van der Waals surface area contributed by atoms with Crippen LogP contribution in [0, 0.1) is 5.92 Å². The average Bonchev–Trinajstić information content (AvgIpc) is 1.85. The molecule has 0 aromatic carbocycles. The minimum Gasteiger partial charge on any atom is -0.395 e. The van der Waals surface area contributed by atoms with Crippen LogP contribution in [0.15, 0.2) is 24.3 Å². The Morgan fingerprint density at radius 3 is 2.33 bits per heavy atom. The number of aliphatic hydroxyl groups is 2. The van der Waals surface area contributed by atoms with E-state index in [1.54, 1.807) is 26.0 Å². The molecule has 0 aliphatic rings. The molecule has 12 heavy (non-hydrogen) atoms. The van der Waals surface area contributed by atoms with Crippen LogP contribution < -0.4 is 0 Å². The van der Waals surface area contributed by atoms with Crippen molar-refractivity contribution in [2.24, 2.45) is 5.92 Å². The lowest BCUT2D eigenvalue weighted by Gasteiger charge is -2.13. The van der Waals surface area contributed by atoms with Crippen molar-refractivity contribution in [2.45, 2.75) is 26.4 Å². The summed E-state index contributed by atoms with van der Waals surface area (Å²) in [5.74, 6) is -0.0450. The van der Waals surface area contributed by atoms with E-state index in [1.165, 1.54) is 0 Å². The molecular weight excluding hydrogens is 152 g/mol. The lowest BCUT2D eigenvalue weighted by Crippen LogP contribution is -2.15. The van der Waals surface area contributed by atoms with E-state index in [0.717, 1.165) is 5.57 Å². The zero-order valence-electron chi connectivity index (χ0n) is 8.04. The van der Waals surface area contributed by atoms with Crippen LogP contribution in [0.1, 0.15) is 20.8 Å². The van der Waals surface area contributed by atoms with E-state index in [-0.39, 0.29) is 12.5 Å². The number of hydrogen-bond acceptors (Lipinski definition) is 2. The van der Waals surface area contributed by atoms with Gasteiger partial charge in [0.1, 0.15) is 0 Å². The first-order valence-corrected chi connectivity index (χ1v) is 4.05. The molecule has 0 unspecified atom stereocenters. The molecule has 1 atom stereocenters. The standard InChI is InChI=1S/C10H18O2/c1-8(2)9(7-11)5-6-10(3,4)12/h5-6,9,11-12H,1,7H2,2-4H3/b6-5+/t9-/m0/s1. The predicted octanol–water partition coefficient (Wildman–Crippen LogP) is 1.50. The quantitative estimate of drug-likeness (QED) is 0.628. The summed E-state index contributed by atoms with van der Waals surface area (Å²) in [6, 6.07) is 0. The van der Waals surface area contributed by atoms with Gasteiger partial charge in [-0.15, -0.1) is 0 Å². The van der Waals surface area contributed by atoms with Crippen LogP contribution in [0.5, 0.6) is 0 Å². The number of aliphatic hydroxyl groups excluding tert-OH is 1. The van der Waals surface area contributed by atoms with E-state index in [9.17, 15) is 5.11 Å². The maximum atomic E-state index is 9.35. The van der Waals surface area contributed by atoms with Gasteiger partial charge < -0.3 is 10.2 Å². The Kier molecular flexibility index (Phi) is 4.21. The third-order valence-electron chi connectivity index (χ3n) is 1.57. The Hall–Kier alpha value is -0.600. The molecule has 2 N–H and O–H groups in total. The van der Waals surface area contributed by atoms with Gasteiger partial charge in [-0.05, 0) is 20.8 Å². The second kappa shape index (κ2) is 4.43. The first kappa shape index (κ1) is 11.4. The number of rotatable bonds is 4. The van der Waals surface area contributed by atoms with E-state index in [0.29, 0.717) is 0 Å². The summed E-state index contributed by atoms with van der Waals surface area (Å²) in [4.78, 5) is 0. The van der Waals surface area contributed by atoms with Crippen molar-refractivity contribution in [1.82, 2.24) is 0 Å². The van der Waals surface area contributed by atoms with E-state index in [1.807, 2.05) is 6.92 Å². The molecule has 0 bridgehead atoms. The van der Waals surface area contributed by atoms with Gasteiger partial charge in [-0.3, -0.25) is 0 Å². The maximum absolute atomic E-state index is 9.35. The van der Waals surface area contributed by atoms with Crippen molar-refractivity contribution in [1.29, 1.82) is 0 Å². The molecule has 2 heteroatoms. The monoisotopic (exact) mass is 170 g/mol. The maximum Gasteiger partial charge on any atom is 0.0771 e. The van der Waals surface area contributed by atoms with Gasteiger partial charge in [-0.25, -0.2) is 0 Å². The summed E-state index contributed by atoms with van der Waals surface area (Å²) in [6.45, 7) is 9.02. The average molecular weight is 170 g/mol. The molecule has 0 spiro atoms. The van der Waals surface area contributed by atoms with Gasteiger partial charge in [0, 0.05) is 5.92 Å². The van der Waals surface area contributed by atoms with Crippen LogP contribution in [-0.4, -0.2) is 22.4 Å². The zero-order valence-corrected chi connectivity index (χ0v) is 8.04. The molecule has 0 radical (unpaired) electrons. The molecule has 0 aromatic heterocycles. The Labute approximate surface area is 74.2 Å². The first-order chi connectivity index (χ1) is 5.37. The van der Waals surface area contributed by atoms with Crippen LogP contribution in [-0.2, 0) is 0 Å². The molecule has 0 aliphatic carbocycles. The molecule has 0 aliphatic heterocycles. The molecule has 2 nitrogen and oxygen atoms in total. The lowest BCUT2D eigenvalue weighted by molar-refractivity contribution is 0.132. The lowest BCUT2D eigenvalue weighted by atomic mass is 9.99. The van der Waals surface area contributed by atoms with Gasteiger partial charge in [0.15, 0.2) is 0 Å². The summed E-state index contributed by atoms with van der Waals surface area (Å²) in [7, 11) is 0. The third kappa shape index (κ3) is 5.10. The van der Waals surface area contributed by atoms with Gasteiger partial charge in [0.05, 0.1) is 12.2 Å². The van der Waals surface area contributed by atoms with Crippen molar-refractivity contribution in [2.75, 3.05) is 6.61 Å². The topological polar surface area (TPSA) is 40.5 Å². The third-order valence-corrected chi connectivity index (χ3v) is 1.57. The van der Waals surface area contributed by atoms with Crippen molar-refractivity contribution in [3.8, 4) is 0 Å². The van der Waals surface area contributed by atoms with Gasteiger partial charge in [-0.1, -0.05) is 24.3 Å². The zero-order chi connectivity index (χ0) is 9.78. The summed E-state index contributed by atoms with van der Waals surface area (Å²) >= 11 is 0. The largest absolute Gasteiger partial charge is 0.395 e.